The van der Waals surface area contributed by atoms with Crippen LogP contribution in [0.5, 0.6) is 0 Å². The maximum absolute atomic E-state index is 13.6. The molecule has 1 aromatic rings. The van der Waals surface area contributed by atoms with Crippen molar-refractivity contribution in [2.24, 2.45) is 5.73 Å². The molecule has 1 aliphatic heterocycles. The highest BCUT2D eigenvalue weighted by atomic mass is 79.9. The second-order valence-corrected chi connectivity index (χ2v) is 6.03. The number of hydrogen-bond donors (Lipinski definition) is 2. The highest BCUT2D eigenvalue weighted by Gasteiger charge is 2.23. The van der Waals surface area contributed by atoms with Gasteiger partial charge >= 0.3 is 0 Å². The van der Waals surface area contributed by atoms with Crippen LogP contribution in [-0.4, -0.2) is 42.4 Å². The fraction of sp³-hybridized carbons (Fsp3) is 0.429. The van der Waals surface area contributed by atoms with E-state index < -0.39 is 11.7 Å². The van der Waals surface area contributed by atoms with Gasteiger partial charge in [0.2, 0.25) is 5.91 Å². The van der Waals surface area contributed by atoms with Crippen LogP contribution in [-0.2, 0) is 4.79 Å². The Bertz CT molecular complexity index is 545. The van der Waals surface area contributed by atoms with Crippen LogP contribution in [0.3, 0.4) is 0 Å². The minimum atomic E-state index is -0.540. The molecule has 0 spiro atoms. The van der Waals surface area contributed by atoms with Crippen molar-refractivity contribution in [1.29, 1.82) is 0 Å². The molecule has 2 rings (SSSR count). The number of hydrogen-bond acceptors (Lipinski definition) is 3. The Kier molecular flexibility index (Phi) is 5.30. The van der Waals surface area contributed by atoms with Crippen LogP contribution < -0.4 is 11.1 Å². The van der Waals surface area contributed by atoms with E-state index in [2.05, 4.69) is 21.2 Å². The van der Waals surface area contributed by atoms with Gasteiger partial charge in [-0.05, 0) is 31.0 Å². The van der Waals surface area contributed by atoms with Crippen LogP contribution in [0.25, 0.3) is 0 Å². The van der Waals surface area contributed by atoms with Gasteiger partial charge in [-0.25, -0.2) is 4.39 Å². The number of nitrogens with one attached hydrogen (secondary N) is 1. The molecule has 21 heavy (non-hydrogen) atoms. The molecule has 1 aliphatic rings. The number of primary amides is 1. The predicted molar refractivity (Wildman–Crippen MR) is 80.2 cm³/mol. The molecule has 1 saturated heterocycles. The predicted octanol–water partition coefficient (Wildman–Crippen LogP) is 1.27. The standard InChI is InChI=1S/C14H17BrFN3O2/c15-9-1-2-12(16)11(7-9)14(21)18-10-3-5-19(6-4-10)8-13(17)20/h1-2,7,10H,3-6,8H2,(H2,17,20)(H,18,21). The molecular weight excluding hydrogens is 341 g/mol. The molecule has 114 valence electrons. The van der Waals surface area contributed by atoms with Crippen molar-refractivity contribution in [3.8, 4) is 0 Å². The van der Waals surface area contributed by atoms with Crippen LogP contribution >= 0.6 is 15.9 Å². The van der Waals surface area contributed by atoms with Crippen molar-refractivity contribution in [2.45, 2.75) is 18.9 Å². The molecule has 0 aliphatic carbocycles. The summed E-state index contributed by atoms with van der Waals surface area (Å²) in [6, 6.07) is 4.26. The molecule has 0 aromatic heterocycles. The number of nitrogens with zero attached hydrogens (tertiary/aromatic N) is 1. The van der Waals surface area contributed by atoms with Crippen molar-refractivity contribution < 1.29 is 14.0 Å². The fourth-order valence-corrected chi connectivity index (χ4v) is 2.75. The highest BCUT2D eigenvalue weighted by molar-refractivity contribution is 9.10. The summed E-state index contributed by atoms with van der Waals surface area (Å²) < 4.78 is 14.3. The minimum absolute atomic E-state index is 0.0139. The van der Waals surface area contributed by atoms with Gasteiger partial charge in [-0.2, -0.15) is 0 Å². The summed E-state index contributed by atoms with van der Waals surface area (Å²) in [4.78, 5) is 24.9. The third-order valence-electron chi connectivity index (χ3n) is 3.48. The van der Waals surface area contributed by atoms with E-state index in [1.54, 1.807) is 6.07 Å². The first-order valence-electron chi connectivity index (χ1n) is 6.72. The maximum Gasteiger partial charge on any atom is 0.254 e. The molecule has 3 N–H and O–H groups in total. The smallest absolute Gasteiger partial charge is 0.254 e. The van der Waals surface area contributed by atoms with E-state index >= 15 is 0 Å². The lowest BCUT2D eigenvalue weighted by Crippen LogP contribution is -2.46. The molecule has 0 saturated carbocycles. The number of benzene rings is 1. The van der Waals surface area contributed by atoms with Gasteiger partial charge < -0.3 is 11.1 Å². The average molecular weight is 358 g/mol. The van der Waals surface area contributed by atoms with Crippen molar-refractivity contribution in [3.05, 3.63) is 34.1 Å². The van der Waals surface area contributed by atoms with Crippen LogP contribution in [0.1, 0.15) is 23.2 Å². The molecule has 0 unspecified atom stereocenters. The number of nitrogens with two attached hydrogens (primary N) is 1. The number of rotatable bonds is 4. The van der Waals surface area contributed by atoms with Gasteiger partial charge in [0.1, 0.15) is 5.82 Å². The number of likely N-dealkylation sites (tertiary alicyclic amines) is 1. The summed E-state index contributed by atoms with van der Waals surface area (Å²) in [5.74, 6) is -1.31. The van der Waals surface area contributed by atoms with Gasteiger partial charge in [-0.3, -0.25) is 14.5 Å². The van der Waals surface area contributed by atoms with Crippen LogP contribution in [0.2, 0.25) is 0 Å². The van der Waals surface area contributed by atoms with Crippen LogP contribution in [0.15, 0.2) is 22.7 Å². The van der Waals surface area contributed by atoms with Gasteiger partial charge in [0.15, 0.2) is 0 Å². The van der Waals surface area contributed by atoms with Crippen molar-refractivity contribution in [3.63, 3.8) is 0 Å². The Balaban J connectivity index is 1.90. The number of amides is 2. The lowest BCUT2D eigenvalue weighted by Gasteiger charge is -2.31. The molecule has 2 amide bonds. The van der Waals surface area contributed by atoms with Crippen LogP contribution in [0, 0.1) is 5.82 Å². The zero-order valence-electron chi connectivity index (χ0n) is 11.4. The van der Waals surface area contributed by atoms with E-state index in [-0.39, 0.29) is 24.1 Å². The Labute approximate surface area is 130 Å². The zero-order valence-corrected chi connectivity index (χ0v) is 13.0. The maximum atomic E-state index is 13.6. The summed E-state index contributed by atoms with van der Waals surface area (Å²) in [7, 11) is 0. The van der Waals surface area contributed by atoms with Crippen molar-refractivity contribution in [1.82, 2.24) is 10.2 Å². The summed E-state index contributed by atoms with van der Waals surface area (Å²) in [6.07, 6.45) is 1.43. The highest BCUT2D eigenvalue weighted by Crippen LogP contribution is 2.17. The number of carbonyl (C=O) groups is 2. The summed E-state index contributed by atoms with van der Waals surface area (Å²) in [6.45, 7) is 1.62. The van der Waals surface area contributed by atoms with Gasteiger partial charge in [0.25, 0.3) is 5.91 Å². The summed E-state index contributed by atoms with van der Waals surface area (Å²) in [5, 5.41) is 2.83. The average Bonchev–Trinajstić information content (AvgIpc) is 2.43. The van der Waals surface area contributed by atoms with E-state index in [4.69, 9.17) is 5.73 Å². The third-order valence-corrected chi connectivity index (χ3v) is 3.97. The zero-order chi connectivity index (χ0) is 15.4. The Morgan fingerprint density at radius 1 is 1.38 bits per heavy atom. The molecule has 1 aromatic carbocycles. The molecule has 7 heteroatoms. The SMILES string of the molecule is NC(=O)CN1CCC(NC(=O)c2cc(Br)ccc2F)CC1. The van der Waals surface area contributed by atoms with Gasteiger partial charge in [-0.15, -0.1) is 0 Å². The Hall–Kier alpha value is -1.47. The molecular formula is C14H17BrFN3O2. The van der Waals surface area contributed by atoms with E-state index in [1.165, 1.54) is 12.1 Å². The largest absolute Gasteiger partial charge is 0.369 e. The van der Waals surface area contributed by atoms with E-state index in [0.717, 1.165) is 0 Å². The van der Waals surface area contributed by atoms with Gasteiger partial charge in [0.05, 0.1) is 12.1 Å². The van der Waals surface area contributed by atoms with Crippen LogP contribution in [0.4, 0.5) is 4.39 Å². The topological polar surface area (TPSA) is 75.4 Å². The summed E-state index contributed by atoms with van der Waals surface area (Å²) in [5.41, 5.74) is 5.18. The molecule has 0 bridgehead atoms. The monoisotopic (exact) mass is 357 g/mol. The van der Waals surface area contributed by atoms with Crippen molar-refractivity contribution in [2.75, 3.05) is 19.6 Å². The second kappa shape index (κ2) is 7.00. The third kappa shape index (κ3) is 4.50. The molecule has 1 fully saturated rings. The number of halogens is 2. The summed E-state index contributed by atoms with van der Waals surface area (Å²) >= 11 is 3.22. The first-order valence-corrected chi connectivity index (χ1v) is 7.51. The molecule has 5 nitrogen and oxygen atoms in total. The molecule has 0 atom stereocenters. The first-order chi connectivity index (χ1) is 9.95. The fourth-order valence-electron chi connectivity index (χ4n) is 2.39. The van der Waals surface area contributed by atoms with Gasteiger partial charge in [-0.1, -0.05) is 15.9 Å². The van der Waals surface area contributed by atoms with Crippen molar-refractivity contribution >= 4 is 27.7 Å². The lowest BCUT2D eigenvalue weighted by atomic mass is 10.0. The normalized spacial score (nSPS) is 16.7. The molecule has 0 radical (unpaired) electrons. The first kappa shape index (κ1) is 15.9. The lowest BCUT2D eigenvalue weighted by molar-refractivity contribution is -0.119. The van der Waals surface area contributed by atoms with E-state index in [9.17, 15) is 14.0 Å². The van der Waals surface area contributed by atoms with E-state index in [1.807, 2.05) is 4.90 Å². The minimum Gasteiger partial charge on any atom is -0.369 e. The molecule has 1 heterocycles. The van der Waals surface area contributed by atoms with Gasteiger partial charge in [0, 0.05) is 23.6 Å². The number of piperidine rings is 1. The Morgan fingerprint density at radius 2 is 2.05 bits per heavy atom. The second-order valence-electron chi connectivity index (χ2n) is 5.11. The quantitative estimate of drug-likeness (QED) is 0.851. The van der Waals surface area contributed by atoms with E-state index in [0.29, 0.717) is 30.4 Å². The number of carbonyl (C=O) groups excluding carboxylic acids is 2. The Morgan fingerprint density at radius 3 is 2.67 bits per heavy atom.